The van der Waals surface area contributed by atoms with E-state index in [4.69, 9.17) is 0 Å². The van der Waals surface area contributed by atoms with Gasteiger partial charge in [-0.1, -0.05) is 19.1 Å². The van der Waals surface area contributed by atoms with E-state index >= 15 is 0 Å². The Morgan fingerprint density at radius 3 is 2.93 bits per heavy atom. The van der Waals surface area contributed by atoms with Crippen molar-refractivity contribution in [2.24, 2.45) is 0 Å². The highest BCUT2D eigenvalue weighted by molar-refractivity contribution is 5.01. The third-order valence-corrected chi connectivity index (χ3v) is 3.64. The Hall–Kier alpha value is -0.340. The Balaban J connectivity index is 1.97. The van der Waals surface area contributed by atoms with Crippen molar-refractivity contribution in [1.29, 1.82) is 0 Å². The van der Waals surface area contributed by atoms with Gasteiger partial charge in [-0.05, 0) is 45.2 Å². The first-order chi connectivity index (χ1) is 7.42. The molecule has 0 spiro atoms. The topological polar surface area (TPSA) is 15.3 Å². The molecule has 2 atom stereocenters. The molecule has 2 unspecified atom stereocenters. The first-order valence-electron chi connectivity index (χ1n) is 6.55. The van der Waals surface area contributed by atoms with Gasteiger partial charge in [-0.3, -0.25) is 4.90 Å². The number of hydrogen-bond donors (Lipinski definition) is 1. The van der Waals surface area contributed by atoms with Gasteiger partial charge in [-0.15, -0.1) is 0 Å². The van der Waals surface area contributed by atoms with Gasteiger partial charge in [-0.2, -0.15) is 0 Å². The zero-order valence-corrected chi connectivity index (χ0v) is 9.91. The minimum absolute atomic E-state index is 0.726. The summed E-state index contributed by atoms with van der Waals surface area (Å²) in [6, 6.07) is 1.52. The van der Waals surface area contributed by atoms with Crippen molar-refractivity contribution in [3.8, 4) is 0 Å². The van der Waals surface area contributed by atoms with Crippen LogP contribution in [0.1, 0.15) is 39.0 Å². The van der Waals surface area contributed by atoms with Gasteiger partial charge in [0.05, 0.1) is 0 Å². The lowest BCUT2D eigenvalue weighted by Crippen LogP contribution is -2.44. The Morgan fingerprint density at radius 2 is 2.33 bits per heavy atom. The van der Waals surface area contributed by atoms with E-state index in [-0.39, 0.29) is 0 Å². The van der Waals surface area contributed by atoms with Gasteiger partial charge in [0.15, 0.2) is 0 Å². The molecule has 2 heteroatoms. The molecule has 0 aromatic carbocycles. The quantitative estimate of drug-likeness (QED) is 0.712. The molecule has 0 aromatic rings. The molecule has 1 heterocycles. The van der Waals surface area contributed by atoms with Crippen molar-refractivity contribution < 1.29 is 0 Å². The van der Waals surface area contributed by atoms with Crippen molar-refractivity contribution in [3.63, 3.8) is 0 Å². The highest BCUT2D eigenvalue weighted by Gasteiger charge is 2.26. The van der Waals surface area contributed by atoms with Crippen LogP contribution in [0.15, 0.2) is 12.2 Å². The number of allylic oxidation sites excluding steroid dienone is 1. The first kappa shape index (κ1) is 11.2. The van der Waals surface area contributed by atoms with Crippen LogP contribution in [0.25, 0.3) is 0 Å². The molecule has 1 fully saturated rings. The summed E-state index contributed by atoms with van der Waals surface area (Å²) in [5, 5.41) is 3.48. The van der Waals surface area contributed by atoms with E-state index in [1.807, 2.05) is 0 Å². The summed E-state index contributed by atoms with van der Waals surface area (Å²) in [5.74, 6) is 0. The molecule has 2 aliphatic rings. The van der Waals surface area contributed by atoms with Crippen LogP contribution in [0.2, 0.25) is 0 Å². The Kier molecular flexibility index (Phi) is 4.21. The van der Waals surface area contributed by atoms with Crippen molar-refractivity contribution in [1.82, 2.24) is 10.2 Å². The minimum Gasteiger partial charge on any atom is -0.315 e. The van der Waals surface area contributed by atoms with Crippen molar-refractivity contribution in [2.45, 2.75) is 51.1 Å². The summed E-state index contributed by atoms with van der Waals surface area (Å²) in [4.78, 5) is 2.73. The molecule has 0 radical (unpaired) electrons. The molecule has 0 saturated carbocycles. The van der Waals surface area contributed by atoms with Gasteiger partial charge < -0.3 is 5.32 Å². The molecule has 0 amide bonds. The summed E-state index contributed by atoms with van der Waals surface area (Å²) < 4.78 is 0. The highest BCUT2D eigenvalue weighted by Crippen LogP contribution is 2.21. The van der Waals surface area contributed by atoms with Gasteiger partial charge in [0.2, 0.25) is 0 Å². The predicted molar refractivity (Wildman–Crippen MR) is 65.1 cm³/mol. The normalized spacial score (nSPS) is 31.3. The molecule has 1 N–H and O–H groups in total. The fraction of sp³-hybridized carbons (Fsp3) is 0.846. The molecule has 1 aliphatic heterocycles. The largest absolute Gasteiger partial charge is 0.315 e. The van der Waals surface area contributed by atoms with E-state index in [9.17, 15) is 0 Å². The lowest BCUT2D eigenvalue weighted by atomic mass is 9.99. The van der Waals surface area contributed by atoms with E-state index in [2.05, 4.69) is 29.3 Å². The maximum absolute atomic E-state index is 3.48. The van der Waals surface area contributed by atoms with Crippen LogP contribution in [-0.2, 0) is 0 Å². The van der Waals surface area contributed by atoms with E-state index in [0.717, 1.165) is 12.1 Å². The molecule has 86 valence electrons. The van der Waals surface area contributed by atoms with Crippen LogP contribution in [-0.4, -0.2) is 36.6 Å². The lowest BCUT2D eigenvalue weighted by Gasteiger charge is -2.35. The smallest absolute Gasteiger partial charge is 0.0281 e. The summed E-state index contributed by atoms with van der Waals surface area (Å²) >= 11 is 0. The lowest BCUT2D eigenvalue weighted by molar-refractivity contribution is 0.158. The fourth-order valence-corrected chi connectivity index (χ4v) is 2.87. The average molecular weight is 208 g/mol. The monoisotopic (exact) mass is 208 g/mol. The molecule has 2 rings (SSSR count). The van der Waals surface area contributed by atoms with Gasteiger partial charge in [-0.25, -0.2) is 0 Å². The zero-order chi connectivity index (χ0) is 10.5. The number of nitrogens with one attached hydrogen (secondary N) is 1. The van der Waals surface area contributed by atoms with Gasteiger partial charge in [0, 0.05) is 18.6 Å². The van der Waals surface area contributed by atoms with Gasteiger partial charge in [0.25, 0.3) is 0 Å². The van der Waals surface area contributed by atoms with Crippen molar-refractivity contribution >= 4 is 0 Å². The average Bonchev–Trinajstić information content (AvgIpc) is 2.80. The fourth-order valence-electron chi connectivity index (χ4n) is 2.87. The van der Waals surface area contributed by atoms with E-state index < -0.39 is 0 Å². The second-order valence-corrected chi connectivity index (χ2v) is 4.81. The second kappa shape index (κ2) is 5.66. The van der Waals surface area contributed by atoms with E-state index in [0.29, 0.717) is 0 Å². The second-order valence-electron chi connectivity index (χ2n) is 4.81. The minimum atomic E-state index is 0.726. The molecule has 2 nitrogen and oxygen atoms in total. The van der Waals surface area contributed by atoms with Gasteiger partial charge >= 0.3 is 0 Å². The number of hydrogen-bond acceptors (Lipinski definition) is 2. The van der Waals surface area contributed by atoms with Crippen LogP contribution in [0, 0.1) is 0 Å². The Morgan fingerprint density at radius 1 is 1.40 bits per heavy atom. The molecular weight excluding hydrogens is 184 g/mol. The predicted octanol–water partition coefficient (Wildman–Crippen LogP) is 2.17. The molecule has 15 heavy (non-hydrogen) atoms. The standard InChI is InChI=1S/C13H24N2/c1-2-10-15(13-8-9-14-11-13)12-6-4-3-5-7-12/h4,6,12-14H,2-3,5,7-11H2,1H3. The zero-order valence-electron chi connectivity index (χ0n) is 9.91. The van der Waals surface area contributed by atoms with E-state index in [1.54, 1.807) is 0 Å². The van der Waals surface area contributed by atoms with Crippen LogP contribution >= 0.6 is 0 Å². The summed E-state index contributed by atoms with van der Waals surface area (Å²) in [5.41, 5.74) is 0. The molecule has 0 bridgehead atoms. The van der Waals surface area contributed by atoms with Crippen LogP contribution in [0.5, 0.6) is 0 Å². The van der Waals surface area contributed by atoms with Crippen LogP contribution in [0.3, 0.4) is 0 Å². The molecule has 1 aliphatic carbocycles. The van der Waals surface area contributed by atoms with Crippen LogP contribution < -0.4 is 5.32 Å². The summed E-state index contributed by atoms with van der Waals surface area (Å²) in [6.07, 6.45) is 11.5. The SMILES string of the molecule is CCCN(C1C=CCCC1)C1CCNC1. The maximum atomic E-state index is 3.48. The molecular formula is C13H24N2. The van der Waals surface area contributed by atoms with E-state index in [1.165, 1.54) is 51.7 Å². The van der Waals surface area contributed by atoms with Crippen molar-refractivity contribution in [2.75, 3.05) is 19.6 Å². The molecule has 0 aromatic heterocycles. The number of rotatable bonds is 4. The summed E-state index contributed by atoms with van der Waals surface area (Å²) in [7, 11) is 0. The first-order valence-corrected chi connectivity index (χ1v) is 6.55. The maximum Gasteiger partial charge on any atom is 0.0281 e. The third-order valence-electron chi connectivity index (χ3n) is 3.64. The van der Waals surface area contributed by atoms with Crippen molar-refractivity contribution in [3.05, 3.63) is 12.2 Å². The third kappa shape index (κ3) is 2.82. The van der Waals surface area contributed by atoms with Gasteiger partial charge in [0.1, 0.15) is 0 Å². The Bertz CT molecular complexity index is 207. The molecule has 1 saturated heterocycles. The van der Waals surface area contributed by atoms with Crippen LogP contribution in [0.4, 0.5) is 0 Å². The number of nitrogens with zero attached hydrogens (tertiary/aromatic N) is 1. The highest BCUT2D eigenvalue weighted by atomic mass is 15.2. The summed E-state index contributed by atoms with van der Waals surface area (Å²) in [6.45, 7) is 5.97. The Labute approximate surface area is 93.7 Å².